The first-order valence-electron chi connectivity index (χ1n) is 10.3. The molecule has 0 N–H and O–H groups in total. The SMILES string of the molecule is c1ccc2c(c1)-c1ccccc1C2C1(N2CCCCC2)CCCCC1. The van der Waals surface area contributed by atoms with Gasteiger partial charge in [0.05, 0.1) is 0 Å². The maximum absolute atomic E-state index is 2.92. The third-order valence-electron chi connectivity index (χ3n) is 7.08. The van der Waals surface area contributed by atoms with E-state index in [-0.39, 0.29) is 0 Å². The van der Waals surface area contributed by atoms with E-state index >= 15 is 0 Å². The summed E-state index contributed by atoms with van der Waals surface area (Å²) in [5.41, 5.74) is 6.52. The Morgan fingerprint density at radius 1 is 0.640 bits per heavy atom. The van der Waals surface area contributed by atoms with Crippen molar-refractivity contribution in [2.75, 3.05) is 13.1 Å². The smallest absolute Gasteiger partial charge is 0.0319 e. The number of benzene rings is 2. The van der Waals surface area contributed by atoms with E-state index in [9.17, 15) is 0 Å². The fourth-order valence-electron chi connectivity index (χ4n) is 6.03. The van der Waals surface area contributed by atoms with Gasteiger partial charge >= 0.3 is 0 Å². The molecule has 1 heterocycles. The number of hydrogen-bond donors (Lipinski definition) is 0. The molecule has 2 fully saturated rings. The Hall–Kier alpha value is -1.60. The van der Waals surface area contributed by atoms with Crippen LogP contribution in [0.4, 0.5) is 0 Å². The second-order valence-electron chi connectivity index (χ2n) is 8.32. The summed E-state index contributed by atoms with van der Waals surface area (Å²) in [6.07, 6.45) is 11.2. The number of hydrogen-bond acceptors (Lipinski definition) is 1. The van der Waals surface area contributed by atoms with Crippen LogP contribution in [-0.4, -0.2) is 23.5 Å². The average Bonchev–Trinajstić information content (AvgIpc) is 3.04. The molecule has 0 atom stereocenters. The first-order valence-corrected chi connectivity index (χ1v) is 10.3. The molecule has 0 radical (unpaired) electrons. The van der Waals surface area contributed by atoms with Gasteiger partial charge in [0.15, 0.2) is 0 Å². The molecule has 5 rings (SSSR count). The largest absolute Gasteiger partial charge is 0.297 e. The molecule has 0 bridgehead atoms. The minimum absolute atomic E-state index is 0.349. The van der Waals surface area contributed by atoms with Crippen LogP contribution in [-0.2, 0) is 0 Å². The van der Waals surface area contributed by atoms with Crippen LogP contribution in [0.2, 0.25) is 0 Å². The average molecular weight is 332 g/mol. The Morgan fingerprint density at radius 3 is 1.76 bits per heavy atom. The fourth-order valence-corrected chi connectivity index (χ4v) is 6.03. The number of nitrogens with zero attached hydrogens (tertiary/aromatic N) is 1. The summed E-state index contributed by atoms with van der Waals surface area (Å²) in [7, 11) is 0. The molecule has 0 unspecified atom stereocenters. The van der Waals surface area contributed by atoms with Crippen LogP contribution < -0.4 is 0 Å². The number of likely N-dealkylation sites (tertiary alicyclic amines) is 1. The lowest BCUT2D eigenvalue weighted by Crippen LogP contribution is -2.55. The van der Waals surface area contributed by atoms with Crippen molar-refractivity contribution in [2.45, 2.75) is 62.8 Å². The minimum Gasteiger partial charge on any atom is -0.297 e. The maximum atomic E-state index is 2.92. The standard InChI is InChI=1S/C24H29N/c1-7-15-24(16-8-1,25-17-9-2-10-18-25)23-21-13-5-3-11-19(21)20-12-4-6-14-22(20)23/h3-6,11-14,23H,1-2,7-10,15-18H2. The van der Waals surface area contributed by atoms with Crippen LogP contribution in [0.1, 0.15) is 68.4 Å². The summed E-state index contributed by atoms with van der Waals surface area (Å²) in [4.78, 5) is 2.92. The Morgan fingerprint density at radius 2 is 1.16 bits per heavy atom. The van der Waals surface area contributed by atoms with Crippen LogP contribution in [0.15, 0.2) is 48.5 Å². The number of piperidine rings is 1. The van der Waals surface area contributed by atoms with Crippen LogP contribution in [0, 0.1) is 0 Å². The van der Waals surface area contributed by atoms with Gasteiger partial charge in [-0.05, 0) is 61.0 Å². The molecule has 130 valence electrons. The van der Waals surface area contributed by atoms with Gasteiger partial charge in [-0.3, -0.25) is 4.90 Å². The van der Waals surface area contributed by atoms with E-state index in [0.29, 0.717) is 11.5 Å². The summed E-state index contributed by atoms with van der Waals surface area (Å²) in [6.45, 7) is 2.61. The van der Waals surface area contributed by atoms with Crippen molar-refractivity contribution in [3.05, 3.63) is 59.7 Å². The van der Waals surface area contributed by atoms with Gasteiger partial charge in [-0.2, -0.15) is 0 Å². The molecule has 1 heteroatoms. The third-order valence-corrected chi connectivity index (χ3v) is 7.08. The second-order valence-corrected chi connectivity index (χ2v) is 8.32. The Labute approximate surface area is 152 Å². The molecule has 0 spiro atoms. The van der Waals surface area contributed by atoms with Gasteiger partial charge in [-0.1, -0.05) is 74.2 Å². The topological polar surface area (TPSA) is 3.24 Å². The van der Waals surface area contributed by atoms with E-state index in [1.165, 1.54) is 75.6 Å². The van der Waals surface area contributed by atoms with Crippen molar-refractivity contribution >= 4 is 0 Å². The normalized spacial score (nSPS) is 23.2. The maximum Gasteiger partial charge on any atom is 0.0319 e. The van der Waals surface area contributed by atoms with E-state index in [1.807, 2.05) is 0 Å². The van der Waals surface area contributed by atoms with Crippen molar-refractivity contribution in [2.24, 2.45) is 0 Å². The van der Waals surface area contributed by atoms with Crippen molar-refractivity contribution in [1.29, 1.82) is 0 Å². The molecule has 1 saturated heterocycles. The molecule has 1 saturated carbocycles. The molecule has 2 aromatic rings. The molecule has 25 heavy (non-hydrogen) atoms. The van der Waals surface area contributed by atoms with Gasteiger partial charge in [-0.15, -0.1) is 0 Å². The molecular weight excluding hydrogens is 302 g/mol. The zero-order chi connectivity index (χ0) is 16.7. The summed E-state index contributed by atoms with van der Waals surface area (Å²) in [5, 5.41) is 0. The summed E-state index contributed by atoms with van der Waals surface area (Å²) >= 11 is 0. The molecule has 2 aliphatic carbocycles. The highest BCUT2D eigenvalue weighted by Crippen LogP contribution is 2.55. The molecule has 0 amide bonds. The van der Waals surface area contributed by atoms with Crippen molar-refractivity contribution in [3.63, 3.8) is 0 Å². The molecule has 0 aromatic heterocycles. The van der Waals surface area contributed by atoms with Crippen molar-refractivity contribution in [1.82, 2.24) is 4.90 Å². The lowest BCUT2D eigenvalue weighted by atomic mass is 9.67. The lowest BCUT2D eigenvalue weighted by Gasteiger charge is -2.52. The highest BCUT2D eigenvalue weighted by molar-refractivity contribution is 5.79. The van der Waals surface area contributed by atoms with Crippen LogP contribution >= 0.6 is 0 Å². The van der Waals surface area contributed by atoms with Gasteiger partial charge in [0.25, 0.3) is 0 Å². The van der Waals surface area contributed by atoms with Gasteiger partial charge in [0, 0.05) is 11.5 Å². The van der Waals surface area contributed by atoms with E-state index in [0.717, 1.165) is 0 Å². The van der Waals surface area contributed by atoms with Gasteiger partial charge in [-0.25, -0.2) is 0 Å². The summed E-state index contributed by atoms with van der Waals surface area (Å²) in [6, 6.07) is 18.5. The lowest BCUT2D eigenvalue weighted by molar-refractivity contribution is 0.0211. The van der Waals surface area contributed by atoms with E-state index in [1.54, 1.807) is 11.1 Å². The van der Waals surface area contributed by atoms with Crippen LogP contribution in [0.3, 0.4) is 0 Å². The van der Waals surface area contributed by atoms with Gasteiger partial charge in [0.1, 0.15) is 0 Å². The molecule has 2 aromatic carbocycles. The molecule has 1 aliphatic heterocycles. The van der Waals surface area contributed by atoms with Gasteiger partial charge < -0.3 is 0 Å². The van der Waals surface area contributed by atoms with Crippen LogP contribution in [0.25, 0.3) is 11.1 Å². The molecular formula is C24H29N. The first kappa shape index (κ1) is 15.6. The van der Waals surface area contributed by atoms with Gasteiger partial charge in [0.2, 0.25) is 0 Å². The Kier molecular flexibility index (Phi) is 3.93. The summed E-state index contributed by atoms with van der Waals surface area (Å²) < 4.78 is 0. The monoisotopic (exact) mass is 331 g/mol. The quantitative estimate of drug-likeness (QED) is 0.653. The Bertz CT molecular complexity index is 705. The fraction of sp³-hybridized carbons (Fsp3) is 0.500. The number of fused-ring (bicyclic) bond motifs is 3. The van der Waals surface area contributed by atoms with Crippen LogP contribution in [0.5, 0.6) is 0 Å². The molecule has 1 nitrogen and oxygen atoms in total. The second kappa shape index (κ2) is 6.29. The highest BCUT2D eigenvalue weighted by Gasteiger charge is 2.49. The first-order chi connectivity index (χ1) is 12.4. The van der Waals surface area contributed by atoms with E-state index < -0.39 is 0 Å². The van der Waals surface area contributed by atoms with Crippen molar-refractivity contribution in [3.8, 4) is 11.1 Å². The molecule has 3 aliphatic rings. The highest BCUT2D eigenvalue weighted by atomic mass is 15.2. The zero-order valence-electron chi connectivity index (χ0n) is 15.2. The Balaban J connectivity index is 1.68. The predicted molar refractivity (Wildman–Crippen MR) is 105 cm³/mol. The predicted octanol–water partition coefficient (Wildman–Crippen LogP) is 5.99. The third kappa shape index (κ3) is 2.39. The van der Waals surface area contributed by atoms with Crippen molar-refractivity contribution < 1.29 is 0 Å². The number of rotatable bonds is 2. The van der Waals surface area contributed by atoms with E-state index in [4.69, 9.17) is 0 Å². The van der Waals surface area contributed by atoms with E-state index in [2.05, 4.69) is 53.4 Å². The summed E-state index contributed by atoms with van der Waals surface area (Å²) in [5.74, 6) is 0.568. The zero-order valence-corrected chi connectivity index (χ0v) is 15.2. The minimum atomic E-state index is 0.349.